The van der Waals surface area contributed by atoms with Crippen molar-refractivity contribution in [3.8, 4) is 5.69 Å². The molecule has 0 radical (unpaired) electrons. The zero-order valence-electron chi connectivity index (χ0n) is 10.8. The molecule has 0 N–H and O–H groups in total. The van der Waals surface area contributed by atoms with Gasteiger partial charge in [0, 0.05) is 18.1 Å². The third kappa shape index (κ3) is 2.90. The summed E-state index contributed by atoms with van der Waals surface area (Å²) >= 11 is 11.3. The minimum atomic E-state index is 0.568. The zero-order valence-corrected chi connectivity index (χ0v) is 12.3. The summed E-state index contributed by atoms with van der Waals surface area (Å²) in [5.41, 5.74) is 0.854. The molecule has 6 nitrogen and oxygen atoms in total. The summed E-state index contributed by atoms with van der Waals surface area (Å²) in [6.45, 7) is 3.90. The Kier molecular flexibility index (Phi) is 4.11. The Morgan fingerprint density at radius 1 is 1.15 bits per heavy atom. The number of morpholine rings is 1. The number of ether oxygens (including phenoxy) is 1. The number of halogens is 1. The van der Waals surface area contributed by atoms with Crippen molar-refractivity contribution in [1.82, 2.24) is 24.7 Å². The molecule has 0 saturated carbocycles. The molecule has 1 aliphatic rings. The third-order valence-corrected chi connectivity index (χ3v) is 3.78. The highest BCUT2D eigenvalue weighted by Crippen LogP contribution is 2.13. The first-order valence-electron chi connectivity index (χ1n) is 6.33. The van der Waals surface area contributed by atoms with Crippen molar-refractivity contribution in [1.29, 1.82) is 0 Å². The maximum absolute atomic E-state index is 5.88. The van der Waals surface area contributed by atoms with E-state index in [0.29, 0.717) is 16.5 Å². The first kappa shape index (κ1) is 13.7. The SMILES string of the molecule is S=c1n(CN2CCOCC2)nnn1-c1ccc(Cl)cc1. The molecular weight excluding hydrogens is 298 g/mol. The van der Waals surface area contributed by atoms with Crippen molar-refractivity contribution in [2.24, 2.45) is 0 Å². The summed E-state index contributed by atoms with van der Waals surface area (Å²) in [6.07, 6.45) is 0. The minimum Gasteiger partial charge on any atom is -0.379 e. The first-order valence-corrected chi connectivity index (χ1v) is 7.11. The van der Waals surface area contributed by atoms with Crippen molar-refractivity contribution in [3.05, 3.63) is 34.1 Å². The van der Waals surface area contributed by atoms with Crippen LogP contribution in [0.3, 0.4) is 0 Å². The van der Waals surface area contributed by atoms with Crippen LogP contribution < -0.4 is 0 Å². The summed E-state index contributed by atoms with van der Waals surface area (Å²) in [6, 6.07) is 7.34. The van der Waals surface area contributed by atoms with Crippen LogP contribution in [0.2, 0.25) is 5.02 Å². The molecule has 2 heterocycles. The molecule has 20 heavy (non-hydrogen) atoms. The van der Waals surface area contributed by atoms with Crippen molar-refractivity contribution in [3.63, 3.8) is 0 Å². The average Bonchev–Trinajstić information content (AvgIpc) is 2.83. The smallest absolute Gasteiger partial charge is 0.221 e. The van der Waals surface area contributed by atoms with E-state index in [1.165, 1.54) is 0 Å². The number of aromatic nitrogens is 4. The molecule has 3 rings (SSSR count). The van der Waals surface area contributed by atoms with Crippen LogP contribution in [0.1, 0.15) is 0 Å². The fourth-order valence-corrected chi connectivity index (χ4v) is 2.40. The Morgan fingerprint density at radius 3 is 2.55 bits per heavy atom. The van der Waals surface area contributed by atoms with E-state index in [4.69, 9.17) is 28.6 Å². The lowest BCUT2D eigenvalue weighted by molar-refractivity contribution is 0.0207. The summed E-state index contributed by atoms with van der Waals surface area (Å²) in [7, 11) is 0. The lowest BCUT2D eigenvalue weighted by atomic mass is 10.3. The average molecular weight is 312 g/mol. The van der Waals surface area contributed by atoms with Crippen LogP contribution in [0.15, 0.2) is 24.3 Å². The molecule has 0 unspecified atom stereocenters. The minimum absolute atomic E-state index is 0.568. The number of benzene rings is 1. The predicted molar refractivity (Wildman–Crippen MR) is 77.6 cm³/mol. The van der Waals surface area contributed by atoms with Crippen LogP contribution >= 0.6 is 23.8 Å². The van der Waals surface area contributed by atoms with Crippen LogP contribution in [0.25, 0.3) is 5.69 Å². The van der Waals surface area contributed by atoms with Gasteiger partial charge in [0.05, 0.1) is 25.6 Å². The predicted octanol–water partition coefficient (Wildman–Crippen LogP) is 1.74. The Labute approximate surface area is 126 Å². The maximum Gasteiger partial charge on any atom is 0.221 e. The van der Waals surface area contributed by atoms with Gasteiger partial charge in [-0.1, -0.05) is 11.6 Å². The second-order valence-electron chi connectivity index (χ2n) is 4.52. The van der Waals surface area contributed by atoms with Gasteiger partial charge in [0.25, 0.3) is 0 Å². The van der Waals surface area contributed by atoms with Crippen molar-refractivity contribution in [2.45, 2.75) is 6.67 Å². The second-order valence-corrected chi connectivity index (χ2v) is 5.32. The fraction of sp³-hybridized carbons (Fsp3) is 0.417. The number of hydrogen-bond donors (Lipinski definition) is 0. The molecule has 1 aromatic heterocycles. The van der Waals surface area contributed by atoms with Gasteiger partial charge in [0.1, 0.15) is 0 Å². The molecule has 0 aliphatic carbocycles. The van der Waals surface area contributed by atoms with Crippen LogP contribution in [-0.4, -0.2) is 51.0 Å². The molecule has 0 bridgehead atoms. The summed E-state index contributed by atoms with van der Waals surface area (Å²) in [5, 5.41) is 8.91. The Hall–Kier alpha value is -1.28. The molecule has 106 valence electrons. The Morgan fingerprint density at radius 2 is 1.85 bits per heavy atom. The highest BCUT2D eigenvalue weighted by Gasteiger charge is 2.13. The van der Waals surface area contributed by atoms with Crippen LogP contribution in [-0.2, 0) is 11.4 Å². The van der Waals surface area contributed by atoms with E-state index in [-0.39, 0.29) is 0 Å². The van der Waals surface area contributed by atoms with Gasteiger partial charge in [-0.15, -0.1) is 0 Å². The van der Waals surface area contributed by atoms with Gasteiger partial charge in [-0.3, -0.25) is 4.90 Å². The highest BCUT2D eigenvalue weighted by atomic mass is 35.5. The van der Waals surface area contributed by atoms with E-state index < -0.39 is 0 Å². The van der Waals surface area contributed by atoms with Gasteiger partial charge in [0.2, 0.25) is 4.77 Å². The molecule has 0 spiro atoms. The molecule has 0 atom stereocenters. The van der Waals surface area contributed by atoms with Crippen molar-refractivity contribution in [2.75, 3.05) is 26.3 Å². The van der Waals surface area contributed by atoms with Gasteiger partial charge >= 0.3 is 0 Å². The third-order valence-electron chi connectivity index (χ3n) is 3.15. The summed E-state index contributed by atoms with van der Waals surface area (Å²) in [5.74, 6) is 0. The van der Waals surface area contributed by atoms with E-state index in [9.17, 15) is 0 Å². The molecule has 1 saturated heterocycles. The lowest BCUT2D eigenvalue weighted by Crippen LogP contribution is -2.37. The molecule has 8 heteroatoms. The normalized spacial score (nSPS) is 16.4. The Balaban J connectivity index is 1.81. The van der Waals surface area contributed by atoms with E-state index in [0.717, 1.165) is 32.0 Å². The second kappa shape index (κ2) is 6.01. The van der Waals surface area contributed by atoms with E-state index >= 15 is 0 Å². The zero-order chi connectivity index (χ0) is 13.9. The van der Waals surface area contributed by atoms with Crippen LogP contribution in [0, 0.1) is 4.77 Å². The molecule has 1 fully saturated rings. The molecule has 2 aromatic rings. The quantitative estimate of drug-likeness (QED) is 0.808. The molecule has 1 aliphatic heterocycles. The topological polar surface area (TPSA) is 48.1 Å². The highest BCUT2D eigenvalue weighted by molar-refractivity contribution is 7.71. The van der Waals surface area contributed by atoms with E-state index in [1.807, 2.05) is 12.1 Å². The first-order chi connectivity index (χ1) is 9.74. The fourth-order valence-electron chi connectivity index (χ4n) is 2.04. The molecule has 1 aromatic carbocycles. The van der Waals surface area contributed by atoms with Gasteiger partial charge in [-0.05, 0) is 46.9 Å². The Bertz CT molecular complexity index is 632. The van der Waals surface area contributed by atoms with E-state index in [1.54, 1.807) is 21.5 Å². The van der Waals surface area contributed by atoms with Crippen molar-refractivity contribution < 1.29 is 4.74 Å². The van der Waals surface area contributed by atoms with Gasteiger partial charge in [0.15, 0.2) is 0 Å². The number of hydrogen-bond acceptors (Lipinski definition) is 5. The largest absolute Gasteiger partial charge is 0.379 e. The molecule has 0 amide bonds. The summed E-state index contributed by atoms with van der Waals surface area (Å²) in [4.78, 5) is 2.24. The van der Waals surface area contributed by atoms with Gasteiger partial charge in [-0.2, -0.15) is 4.68 Å². The maximum atomic E-state index is 5.88. The van der Waals surface area contributed by atoms with Crippen LogP contribution in [0.4, 0.5) is 0 Å². The van der Waals surface area contributed by atoms with Crippen molar-refractivity contribution >= 4 is 23.8 Å². The number of nitrogens with zero attached hydrogens (tertiary/aromatic N) is 5. The van der Waals surface area contributed by atoms with Gasteiger partial charge in [-0.25, -0.2) is 4.68 Å². The number of rotatable bonds is 3. The lowest BCUT2D eigenvalue weighted by Gasteiger charge is -2.25. The van der Waals surface area contributed by atoms with E-state index in [2.05, 4.69) is 15.3 Å². The summed E-state index contributed by atoms with van der Waals surface area (Å²) < 4.78 is 9.24. The number of tetrazole rings is 1. The van der Waals surface area contributed by atoms with Gasteiger partial charge < -0.3 is 4.74 Å². The standard InChI is InChI=1S/C12H14ClN5OS/c13-10-1-3-11(4-2-10)18-12(20)17(14-15-18)9-16-5-7-19-8-6-16/h1-4H,5-9H2. The molecular formula is C12H14ClN5OS. The van der Waals surface area contributed by atoms with Crippen LogP contribution in [0.5, 0.6) is 0 Å². The monoisotopic (exact) mass is 311 g/mol.